The normalized spacial score (nSPS) is 18.0. The van der Waals surface area contributed by atoms with Crippen LogP contribution in [0.25, 0.3) is 0 Å². The van der Waals surface area contributed by atoms with E-state index in [1.807, 2.05) is 0 Å². The Bertz CT molecular complexity index is 825. The zero-order valence-electron chi connectivity index (χ0n) is 14.5. The number of carbonyl (C=O) groups excluding carboxylic acids is 1. The molecular formula is C19H19ClN2O5. The third kappa shape index (κ3) is 5.10. The summed E-state index contributed by atoms with van der Waals surface area (Å²) in [6.45, 7) is 0.954. The molecule has 0 saturated carbocycles. The molecule has 0 aliphatic carbocycles. The second kappa shape index (κ2) is 8.73. The average Bonchev–Trinajstić information content (AvgIpc) is 2.65. The summed E-state index contributed by atoms with van der Waals surface area (Å²) < 4.78 is 11.2. The highest BCUT2D eigenvalue weighted by molar-refractivity contribution is 6.34. The summed E-state index contributed by atoms with van der Waals surface area (Å²) in [5, 5.41) is 12.2. The first-order valence-corrected chi connectivity index (χ1v) is 8.94. The Morgan fingerprint density at radius 1 is 1.19 bits per heavy atom. The summed E-state index contributed by atoms with van der Waals surface area (Å²) in [5.41, 5.74) is 0.837. The Morgan fingerprint density at radius 3 is 2.67 bits per heavy atom. The maximum absolute atomic E-state index is 12.6. The number of nitrogens with one attached hydrogen (secondary N) is 1. The summed E-state index contributed by atoms with van der Waals surface area (Å²) in [6.07, 6.45) is 3.18. The molecule has 0 fully saturated rings. The number of aliphatic carboxylic acids is 1. The minimum atomic E-state index is -1.15. The van der Waals surface area contributed by atoms with Gasteiger partial charge in [0, 0.05) is 18.7 Å². The number of carbonyl (C=O) groups is 2. The number of carboxylic acids is 1. The van der Waals surface area contributed by atoms with E-state index < -0.39 is 17.9 Å². The Kier molecular flexibility index (Phi) is 6.13. The molecule has 3 heterocycles. The highest BCUT2D eigenvalue weighted by Gasteiger charge is 2.23. The number of nitrogens with zero attached hydrogens (tertiary/aromatic N) is 1. The lowest BCUT2D eigenvalue weighted by Crippen LogP contribution is -2.42. The summed E-state index contributed by atoms with van der Waals surface area (Å²) in [4.78, 5) is 28.3. The number of benzene rings is 1. The fourth-order valence-corrected chi connectivity index (χ4v) is 2.83. The fourth-order valence-electron chi connectivity index (χ4n) is 2.63. The van der Waals surface area contributed by atoms with Gasteiger partial charge >= 0.3 is 5.97 Å². The third-order valence-electron chi connectivity index (χ3n) is 4.08. The van der Waals surface area contributed by atoms with Gasteiger partial charge in [0.2, 0.25) is 5.88 Å². The van der Waals surface area contributed by atoms with Gasteiger partial charge in [-0.3, -0.25) is 4.79 Å². The first-order chi connectivity index (χ1) is 13.0. The molecule has 0 unspecified atom stereocenters. The molecule has 2 aromatic rings. The molecule has 27 heavy (non-hydrogen) atoms. The van der Waals surface area contributed by atoms with Crippen molar-refractivity contribution in [3.05, 3.63) is 52.7 Å². The molecule has 1 aromatic carbocycles. The average molecular weight is 391 g/mol. The molecule has 8 heteroatoms. The molecule has 142 valence electrons. The number of fused-ring (bicyclic) bond motifs is 10. The second-order valence-corrected chi connectivity index (χ2v) is 6.53. The van der Waals surface area contributed by atoms with Crippen molar-refractivity contribution in [3.63, 3.8) is 0 Å². The van der Waals surface area contributed by atoms with E-state index in [-0.39, 0.29) is 17.0 Å². The van der Waals surface area contributed by atoms with Crippen LogP contribution in [-0.4, -0.2) is 41.2 Å². The Morgan fingerprint density at radius 2 is 1.96 bits per heavy atom. The maximum Gasteiger partial charge on any atom is 0.326 e. The van der Waals surface area contributed by atoms with Crippen molar-refractivity contribution < 1.29 is 24.2 Å². The number of hydrogen-bond acceptors (Lipinski definition) is 5. The van der Waals surface area contributed by atoms with Gasteiger partial charge in [0.25, 0.3) is 5.91 Å². The van der Waals surface area contributed by atoms with Crippen LogP contribution in [-0.2, 0) is 11.2 Å². The molecule has 4 rings (SSSR count). The van der Waals surface area contributed by atoms with Crippen LogP contribution in [0.1, 0.15) is 28.8 Å². The van der Waals surface area contributed by atoms with Crippen LogP contribution in [0.2, 0.25) is 5.02 Å². The quantitative estimate of drug-likeness (QED) is 0.777. The number of carboxylic acid groups (broad SMARTS) is 1. The van der Waals surface area contributed by atoms with E-state index in [1.54, 1.807) is 30.5 Å². The predicted octanol–water partition coefficient (Wildman–Crippen LogP) is 2.71. The van der Waals surface area contributed by atoms with E-state index in [9.17, 15) is 14.7 Å². The number of rotatable bonds is 1. The zero-order valence-corrected chi connectivity index (χ0v) is 15.2. The highest BCUT2D eigenvalue weighted by Crippen LogP contribution is 2.23. The fraction of sp³-hybridized carbons (Fsp3) is 0.316. The molecule has 0 spiro atoms. The molecular weight excluding hydrogens is 372 g/mol. The van der Waals surface area contributed by atoms with Gasteiger partial charge in [-0.1, -0.05) is 17.7 Å². The van der Waals surface area contributed by atoms with E-state index in [0.717, 1.165) is 12.8 Å². The van der Waals surface area contributed by atoms with E-state index in [4.69, 9.17) is 21.1 Å². The predicted molar refractivity (Wildman–Crippen MR) is 98.5 cm³/mol. The number of hydrogen-bond donors (Lipinski definition) is 2. The molecule has 2 aliphatic rings. The molecule has 1 amide bonds. The standard InChI is InChI=1S/C19H19ClN2O5/c20-15-5-4-13-10-14(15)18(23)22-16(19(24)25)9-12-3-6-17(21-11-12)27-8-2-1-7-26-13/h3-6,10-11,16H,1-2,7-9H2,(H,22,23)(H,24,25)/t16-/m0/s1. The van der Waals surface area contributed by atoms with Crippen molar-refractivity contribution in [1.29, 1.82) is 0 Å². The van der Waals surface area contributed by atoms with Crippen LogP contribution >= 0.6 is 11.6 Å². The smallest absolute Gasteiger partial charge is 0.326 e. The molecule has 4 bridgehead atoms. The van der Waals surface area contributed by atoms with Crippen LogP contribution in [0, 0.1) is 0 Å². The van der Waals surface area contributed by atoms with Crippen LogP contribution < -0.4 is 14.8 Å². The van der Waals surface area contributed by atoms with Gasteiger partial charge in [0.1, 0.15) is 11.8 Å². The van der Waals surface area contributed by atoms with Crippen molar-refractivity contribution in [2.24, 2.45) is 0 Å². The molecule has 1 atom stereocenters. The summed E-state index contributed by atoms with van der Waals surface area (Å²) >= 11 is 6.11. The van der Waals surface area contributed by atoms with E-state index in [1.165, 1.54) is 6.07 Å². The Hall–Kier alpha value is -2.80. The Balaban J connectivity index is 1.88. The van der Waals surface area contributed by atoms with Gasteiger partial charge in [-0.2, -0.15) is 0 Å². The van der Waals surface area contributed by atoms with Crippen molar-refractivity contribution in [3.8, 4) is 11.6 Å². The summed E-state index contributed by atoms with van der Waals surface area (Å²) in [5.74, 6) is -0.756. The topological polar surface area (TPSA) is 97.8 Å². The van der Waals surface area contributed by atoms with Crippen LogP contribution in [0.15, 0.2) is 36.5 Å². The van der Waals surface area contributed by atoms with Crippen molar-refractivity contribution in [2.75, 3.05) is 13.2 Å². The number of halogens is 1. The van der Waals surface area contributed by atoms with Crippen molar-refractivity contribution in [2.45, 2.75) is 25.3 Å². The molecule has 2 aliphatic heterocycles. The number of ether oxygens (including phenoxy) is 2. The number of aromatic nitrogens is 1. The van der Waals surface area contributed by atoms with Gasteiger partial charge in [0.15, 0.2) is 0 Å². The van der Waals surface area contributed by atoms with Gasteiger partial charge in [-0.25, -0.2) is 9.78 Å². The van der Waals surface area contributed by atoms with Crippen LogP contribution in [0.4, 0.5) is 0 Å². The van der Waals surface area contributed by atoms with E-state index >= 15 is 0 Å². The Labute approximate surface area is 161 Å². The van der Waals surface area contributed by atoms with Crippen molar-refractivity contribution >= 4 is 23.5 Å². The lowest BCUT2D eigenvalue weighted by molar-refractivity contribution is -0.139. The largest absolute Gasteiger partial charge is 0.494 e. The van der Waals surface area contributed by atoms with Crippen LogP contribution in [0.5, 0.6) is 11.6 Å². The third-order valence-corrected chi connectivity index (χ3v) is 4.41. The lowest BCUT2D eigenvalue weighted by Gasteiger charge is -2.16. The minimum Gasteiger partial charge on any atom is -0.494 e. The number of amides is 1. The molecule has 1 aromatic heterocycles. The summed E-state index contributed by atoms with van der Waals surface area (Å²) in [6, 6.07) is 7.04. The first kappa shape index (κ1) is 19.0. The van der Waals surface area contributed by atoms with Gasteiger partial charge in [0.05, 0.1) is 23.8 Å². The van der Waals surface area contributed by atoms with Crippen molar-refractivity contribution in [1.82, 2.24) is 10.3 Å². The molecule has 0 radical (unpaired) electrons. The number of pyridine rings is 1. The molecule has 7 nitrogen and oxygen atoms in total. The van der Waals surface area contributed by atoms with E-state index in [2.05, 4.69) is 10.3 Å². The van der Waals surface area contributed by atoms with Gasteiger partial charge in [-0.05, 0) is 36.6 Å². The summed E-state index contributed by atoms with van der Waals surface area (Å²) in [7, 11) is 0. The molecule has 0 saturated heterocycles. The molecule has 2 N–H and O–H groups in total. The van der Waals surface area contributed by atoms with Crippen LogP contribution in [0.3, 0.4) is 0 Å². The minimum absolute atomic E-state index is 0.0855. The van der Waals surface area contributed by atoms with Gasteiger partial charge < -0.3 is 19.9 Å². The van der Waals surface area contributed by atoms with Gasteiger partial charge in [-0.15, -0.1) is 0 Å². The monoisotopic (exact) mass is 390 g/mol. The highest BCUT2D eigenvalue weighted by atomic mass is 35.5. The SMILES string of the molecule is O=C1N[C@H](C(=O)O)Cc2ccc(nc2)OCCCCOc2ccc(Cl)c1c2. The zero-order chi connectivity index (χ0) is 19.2. The maximum atomic E-state index is 12.6. The van der Waals surface area contributed by atoms with E-state index in [0.29, 0.717) is 30.4 Å². The lowest BCUT2D eigenvalue weighted by atomic mass is 10.1. The second-order valence-electron chi connectivity index (χ2n) is 6.12. The first-order valence-electron chi connectivity index (χ1n) is 8.56.